The third kappa shape index (κ3) is 5.03. The first kappa shape index (κ1) is 16.9. The maximum absolute atomic E-state index is 13.5. The molecule has 1 atom stereocenters. The predicted molar refractivity (Wildman–Crippen MR) is 83.4 cm³/mol. The number of halogens is 2. The summed E-state index contributed by atoms with van der Waals surface area (Å²) >= 11 is 0. The Balaban J connectivity index is 1.90. The Hall–Kier alpha value is -2.47. The van der Waals surface area contributed by atoms with Gasteiger partial charge in [0.05, 0.1) is 19.8 Å². The molecule has 0 saturated carbocycles. The van der Waals surface area contributed by atoms with E-state index in [1.54, 1.807) is 7.11 Å². The lowest BCUT2D eigenvalue weighted by molar-refractivity contribution is -0.885. The minimum Gasteiger partial charge on any atom is -0.497 e. The van der Waals surface area contributed by atoms with Crippen LogP contribution in [0.5, 0.6) is 5.75 Å². The largest absolute Gasteiger partial charge is 0.497 e. The maximum atomic E-state index is 13.5. The zero-order chi connectivity index (χ0) is 16.8. The molecule has 2 aromatic rings. The zero-order valence-electron chi connectivity index (χ0n) is 13.0. The first-order valence-electron chi connectivity index (χ1n) is 7.17. The van der Waals surface area contributed by atoms with Crippen LogP contribution in [-0.4, -0.2) is 26.6 Å². The van der Waals surface area contributed by atoms with Crippen LogP contribution in [-0.2, 0) is 11.3 Å². The molecule has 6 heteroatoms. The van der Waals surface area contributed by atoms with Crippen LogP contribution in [0.15, 0.2) is 42.5 Å². The molecule has 0 aromatic heterocycles. The lowest BCUT2D eigenvalue weighted by Gasteiger charge is -2.14. The maximum Gasteiger partial charge on any atom is 0.279 e. The Bertz CT molecular complexity index is 675. The van der Waals surface area contributed by atoms with E-state index >= 15 is 0 Å². The summed E-state index contributed by atoms with van der Waals surface area (Å²) in [5.74, 6) is -0.862. The highest BCUT2D eigenvalue weighted by Crippen LogP contribution is 2.14. The first-order valence-corrected chi connectivity index (χ1v) is 7.17. The lowest BCUT2D eigenvalue weighted by Crippen LogP contribution is -3.08. The molecule has 1 amide bonds. The highest BCUT2D eigenvalue weighted by molar-refractivity contribution is 5.91. The molecular formula is C17H19F2N2O2+. The highest BCUT2D eigenvalue weighted by Gasteiger charge is 2.13. The molecule has 0 spiro atoms. The molecule has 122 valence electrons. The second kappa shape index (κ2) is 7.69. The average molecular weight is 321 g/mol. The summed E-state index contributed by atoms with van der Waals surface area (Å²) in [5, 5.41) is 2.39. The van der Waals surface area contributed by atoms with Crippen LogP contribution in [0.25, 0.3) is 0 Å². The highest BCUT2D eigenvalue weighted by atomic mass is 19.1. The molecule has 2 rings (SSSR count). The number of carbonyl (C=O) groups is 1. The molecule has 0 heterocycles. The number of anilines is 1. The fourth-order valence-electron chi connectivity index (χ4n) is 2.22. The molecule has 2 N–H and O–H groups in total. The molecule has 0 aliphatic carbocycles. The SMILES string of the molecule is COc1ccc(C[NH+](C)CC(=O)Nc2cc(F)ccc2F)cc1. The van der Waals surface area contributed by atoms with Crippen molar-refractivity contribution in [1.82, 2.24) is 0 Å². The molecular weight excluding hydrogens is 302 g/mol. The van der Waals surface area contributed by atoms with Gasteiger partial charge in [0.2, 0.25) is 0 Å². The number of quaternary nitrogens is 1. The number of methoxy groups -OCH3 is 1. The summed E-state index contributed by atoms with van der Waals surface area (Å²) in [6, 6.07) is 10.5. The summed E-state index contributed by atoms with van der Waals surface area (Å²) in [7, 11) is 3.45. The van der Waals surface area contributed by atoms with Crippen LogP contribution in [0.2, 0.25) is 0 Å². The zero-order valence-corrected chi connectivity index (χ0v) is 13.0. The minimum absolute atomic E-state index is 0.141. The van der Waals surface area contributed by atoms with Crippen LogP contribution >= 0.6 is 0 Å². The quantitative estimate of drug-likeness (QED) is 0.849. The smallest absolute Gasteiger partial charge is 0.279 e. The second-order valence-electron chi connectivity index (χ2n) is 5.33. The molecule has 0 bridgehead atoms. The van der Waals surface area contributed by atoms with Crippen LogP contribution in [0.1, 0.15) is 5.56 Å². The fraction of sp³-hybridized carbons (Fsp3) is 0.235. The van der Waals surface area contributed by atoms with Gasteiger partial charge < -0.3 is 15.0 Å². The monoisotopic (exact) mass is 321 g/mol. The standard InChI is InChI=1S/C17H18F2N2O2/c1-21(10-12-3-6-14(23-2)7-4-12)11-17(22)20-16-9-13(18)5-8-15(16)19/h3-9H,10-11H2,1-2H3,(H,20,22)/p+1. The summed E-state index contributed by atoms with van der Waals surface area (Å²) in [4.78, 5) is 12.9. The molecule has 0 saturated heterocycles. The average Bonchev–Trinajstić information content (AvgIpc) is 2.51. The van der Waals surface area contributed by atoms with Gasteiger partial charge in [0.1, 0.15) is 23.9 Å². The number of hydrogen-bond donors (Lipinski definition) is 2. The van der Waals surface area contributed by atoms with E-state index in [1.165, 1.54) is 0 Å². The third-order valence-electron chi connectivity index (χ3n) is 3.33. The Morgan fingerprint density at radius 3 is 2.52 bits per heavy atom. The number of likely N-dealkylation sites (N-methyl/N-ethyl adjacent to an activating group) is 1. The summed E-state index contributed by atoms with van der Waals surface area (Å²) in [5.41, 5.74) is 0.903. The molecule has 23 heavy (non-hydrogen) atoms. The van der Waals surface area contributed by atoms with Gasteiger partial charge in [-0.1, -0.05) is 0 Å². The van der Waals surface area contributed by atoms with Gasteiger partial charge in [0, 0.05) is 11.6 Å². The van der Waals surface area contributed by atoms with Crippen molar-refractivity contribution in [1.29, 1.82) is 0 Å². The number of carbonyl (C=O) groups excluding carboxylic acids is 1. The van der Waals surface area contributed by atoms with Crippen LogP contribution < -0.4 is 15.0 Å². The van der Waals surface area contributed by atoms with Gasteiger partial charge in [0.25, 0.3) is 5.91 Å². The van der Waals surface area contributed by atoms with Crippen LogP contribution in [0.3, 0.4) is 0 Å². The van der Waals surface area contributed by atoms with Crippen molar-refractivity contribution in [2.45, 2.75) is 6.54 Å². The normalized spacial score (nSPS) is 11.8. The number of rotatable bonds is 6. The number of amides is 1. The van der Waals surface area contributed by atoms with E-state index in [2.05, 4.69) is 5.32 Å². The Labute approximate surface area is 133 Å². The van der Waals surface area contributed by atoms with Crippen molar-refractivity contribution in [3.8, 4) is 5.75 Å². The van der Waals surface area contributed by atoms with Gasteiger partial charge >= 0.3 is 0 Å². The minimum atomic E-state index is -0.660. The number of benzene rings is 2. The molecule has 2 aromatic carbocycles. The van der Waals surface area contributed by atoms with E-state index in [0.717, 1.165) is 34.4 Å². The van der Waals surface area contributed by atoms with E-state index in [9.17, 15) is 13.6 Å². The topological polar surface area (TPSA) is 42.8 Å². The molecule has 0 aliphatic rings. The van der Waals surface area contributed by atoms with Crippen LogP contribution in [0, 0.1) is 11.6 Å². The molecule has 1 unspecified atom stereocenters. The van der Waals surface area contributed by atoms with Crippen molar-refractivity contribution >= 4 is 11.6 Å². The van der Waals surface area contributed by atoms with Crippen LogP contribution in [0.4, 0.5) is 14.5 Å². The predicted octanol–water partition coefficient (Wildman–Crippen LogP) is 1.63. The van der Waals surface area contributed by atoms with Gasteiger partial charge in [-0.3, -0.25) is 4.79 Å². The van der Waals surface area contributed by atoms with E-state index in [4.69, 9.17) is 4.74 Å². The van der Waals surface area contributed by atoms with E-state index < -0.39 is 11.6 Å². The van der Waals surface area contributed by atoms with Gasteiger partial charge in [0.15, 0.2) is 6.54 Å². The lowest BCUT2D eigenvalue weighted by atomic mass is 10.2. The van der Waals surface area contributed by atoms with E-state index in [-0.39, 0.29) is 18.1 Å². The first-order chi connectivity index (χ1) is 11.0. The molecule has 0 radical (unpaired) electrons. The van der Waals surface area contributed by atoms with Gasteiger partial charge in [-0.15, -0.1) is 0 Å². The Morgan fingerprint density at radius 1 is 1.17 bits per heavy atom. The third-order valence-corrected chi connectivity index (χ3v) is 3.33. The molecule has 4 nitrogen and oxygen atoms in total. The van der Waals surface area contributed by atoms with Gasteiger partial charge in [-0.25, -0.2) is 8.78 Å². The van der Waals surface area contributed by atoms with E-state index in [1.807, 2.05) is 31.3 Å². The Kier molecular flexibility index (Phi) is 5.65. The van der Waals surface area contributed by atoms with Crippen molar-refractivity contribution in [3.63, 3.8) is 0 Å². The number of hydrogen-bond acceptors (Lipinski definition) is 2. The number of nitrogens with one attached hydrogen (secondary N) is 2. The summed E-state index contributed by atoms with van der Waals surface area (Å²) < 4.78 is 31.7. The van der Waals surface area contributed by atoms with Crippen molar-refractivity contribution in [2.75, 3.05) is 26.0 Å². The van der Waals surface area contributed by atoms with Crippen molar-refractivity contribution in [3.05, 3.63) is 59.7 Å². The number of ether oxygens (including phenoxy) is 1. The summed E-state index contributed by atoms with van der Waals surface area (Å²) in [6.45, 7) is 0.769. The second-order valence-corrected chi connectivity index (χ2v) is 5.33. The molecule has 0 aliphatic heterocycles. The fourth-order valence-corrected chi connectivity index (χ4v) is 2.22. The van der Waals surface area contributed by atoms with Crippen molar-refractivity contribution < 1.29 is 23.2 Å². The Morgan fingerprint density at radius 2 is 1.87 bits per heavy atom. The van der Waals surface area contributed by atoms with Crippen molar-refractivity contribution in [2.24, 2.45) is 0 Å². The van der Waals surface area contributed by atoms with Gasteiger partial charge in [-0.05, 0) is 36.4 Å². The van der Waals surface area contributed by atoms with E-state index in [0.29, 0.717) is 6.54 Å². The molecule has 0 fully saturated rings. The summed E-state index contributed by atoms with van der Waals surface area (Å²) in [6.07, 6.45) is 0. The van der Waals surface area contributed by atoms with Gasteiger partial charge in [-0.2, -0.15) is 0 Å².